The number of hydrogen-bond acceptors (Lipinski definition) is 2. The Kier molecular flexibility index (Phi) is 4.11. The van der Waals surface area contributed by atoms with Crippen molar-refractivity contribution >= 4 is 10.9 Å². The number of aromatic nitrogens is 2. The third-order valence-corrected chi connectivity index (χ3v) is 5.29. The Balaban J connectivity index is 1.69. The predicted molar refractivity (Wildman–Crippen MR) is 99.2 cm³/mol. The quantitative estimate of drug-likeness (QED) is 0.787. The molecule has 1 unspecified atom stereocenters. The summed E-state index contributed by atoms with van der Waals surface area (Å²) in [6.45, 7) is 6.30. The molecule has 124 valence electrons. The Morgan fingerprint density at radius 1 is 1.21 bits per heavy atom. The van der Waals surface area contributed by atoms with Crippen LogP contribution in [-0.4, -0.2) is 15.6 Å². The average molecular weight is 319 g/mol. The van der Waals surface area contributed by atoms with E-state index in [1.807, 2.05) is 13.1 Å². The molecule has 4 rings (SSSR count). The van der Waals surface area contributed by atoms with Gasteiger partial charge in [0, 0.05) is 47.6 Å². The first kappa shape index (κ1) is 15.4. The fourth-order valence-electron chi connectivity index (χ4n) is 3.85. The number of para-hydroxylation sites is 1. The van der Waals surface area contributed by atoms with E-state index in [2.05, 4.69) is 58.2 Å². The lowest BCUT2D eigenvalue weighted by Gasteiger charge is -2.24. The lowest BCUT2D eigenvalue weighted by molar-refractivity contribution is 0.453. The summed E-state index contributed by atoms with van der Waals surface area (Å²) in [5.74, 6) is 0. The zero-order chi connectivity index (χ0) is 16.5. The third-order valence-electron chi connectivity index (χ3n) is 5.29. The summed E-state index contributed by atoms with van der Waals surface area (Å²) < 4.78 is 2.52. The van der Waals surface area contributed by atoms with E-state index in [-0.39, 0.29) is 0 Å². The molecule has 3 nitrogen and oxygen atoms in total. The minimum absolute atomic E-state index is 0.609. The molecule has 0 fully saturated rings. The molecule has 1 aliphatic heterocycles. The van der Waals surface area contributed by atoms with E-state index < -0.39 is 0 Å². The van der Waals surface area contributed by atoms with Gasteiger partial charge in [-0.15, -0.1) is 0 Å². The van der Waals surface area contributed by atoms with Crippen LogP contribution in [0.1, 0.15) is 35.9 Å². The van der Waals surface area contributed by atoms with Crippen LogP contribution >= 0.6 is 0 Å². The number of hydrogen-bond donors (Lipinski definition) is 1. The average Bonchev–Trinajstić information content (AvgIpc) is 2.94. The van der Waals surface area contributed by atoms with E-state index in [0.29, 0.717) is 6.04 Å². The summed E-state index contributed by atoms with van der Waals surface area (Å²) in [5.41, 5.74) is 6.79. The van der Waals surface area contributed by atoms with Crippen LogP contribution in [0.25, 0.3) is 10.9 Å². The van der Waals surface area contributed by atoms with Crippen molar-refractivity contribution < 1.29 is 0 Å². The Morgan fingerprint density at radius 2 is 2.08 bits per heavy atom. The van der Waals surface area contributed by atoms with E-state index in [4.69, 9.17) is 0 Å². The van der Waals surface area contributed by atoms with E-state index in [0.717, 1.165) is 31.6 Å². The van der Waals surface area contributed by atoms with Crippen LogP contribution in [0.4, 0.5) is 0 Å². The highest BCUT2D eigenvalue weighted by Gasteiger charge is 2.23. The highest BCUT2D eigenvalue weighted by Crippen LogP contribution is 2.30. The topological polar surface area (TPSA) is 29.9 Å². The molecular formula is C21H25N3. The second-order valence-electron chi connectivity index (χ2n) is 6.84. The first-order valence-corrected chi connectivity index (χ1v) is 9.00. The molecule has 0 saturated carbocycles. The molecule has 1 aliphatic rings. The largest absolute Gasteiger partial charge is 0.343 e. The lowest BCUT2D eigenvalue weighted by atomic mass is 9.97. The number of rotatable bonds is 4. The van der Waals surface area contributed by atoms with Gasteiger partial charge in [-0.25, -0.2) is 0 Å². The van der Waals surface area contributed by atoms with Gasteiger partial charge in [0.05, 0.1) is 0 Å². The summed E-state index contributed by atoms with van der Waals surface area (Å²) in [5, 5.41) is 5.14. The normalized spacial score (nSPS) is 17.2. The number of fused-ring (bicyclic) bond motifs is 3. The molecule has 0 saturated heterocycles. The lowest BCUT2D eigenvalue weighted by Crippen LogP contribution is -2.35. The van der Waals surface area contributed by atoms with Crippen molar-refractivity contribution in [1.29, 1.82) is 0 Å². The van der Waals surface area contributed by atoms with Crippen molar-refractivity contribution in [3.05, 3.63) is 65.1 Å². The summed E-state index contributed by atoms with van der Waals surface area (Å²) in [4.78, 5) is 4.43. The second kappa shape index (κ2) is 6.40. The first-order valence-electron chi connectivity index (χ1n) is 9.00. The van der Waals surface area contributed by atoms with Crippen molar-refractivity contribution in [2.24, 2.45) is 0 Å². The van der Waals surface area contributed by atoms with Crippen molar-refractivity contribution in [2.45, 2.75) is 52.2 Å². The molecule has 1 atom stereocenters. The zero-order valence-corrected chi connectivity index (χ0v) is 14.5. The van der Waals surface area contributed by atoms with E-state index >= 15 is 0 Å². The van der Waals surface area contributed by atoms with E-state index in [9.17, 15) is 0 Å². The van der Waals surface area contributed by atoms with E-state index in [1.165, 1.54) is 28.6 Å². The molecule has 0 radical (unpaired) electrons. The Labute approximate surface area is 143 Å². The monoisotopic (exact) mass is 319 g/mol. The molecule has 3 aromatic rings. The van der Waals surface area contributed by atoms with Gasteiger partial charge in [-0.1, -0.05) is 31.2 Å². The van der Waals surface area contributed by atoms with Gasteiger partial charge in [0.25, 0.3) is 0 Å². The van der Waals surface area contributed by atoms with Gasteiger partial charge in [0.2, 0.25) is 0 Å². The third kappa shape index (κ3) is 2.73. The maximum Gasteiger partial charge on any atom is 0.0485 e. The van der Waals surface area contributed by atoms with Crippen LogP contribution < -0.4 is 5.32 Å². The molecule has 2 aromatic heterocycles. The minimum atomic E-state index is 0.609. The Morgan fingerprint density at radius 3 is 2.88 bits per heavy atom. The van der Waals surface area contributed by atoms with Crippen molar-refractivity contribution in [2.75, 3.05) is 0 Å². The number of aryl methyl sites for hydroxylation is 3. The van der Waals surface area contributed by atoms with Crippen molar-refractivity contribution in [1.82, 2.24) is 14.9 Å². The molecule has 24 heavy (non-hydrogen) atoms. The Bertz CT molecular complexity index is 845. The van der Waals surface area contributed by atoms with Crippen LogP contribution in [0.3, 0.4) is 0 Å². The van der Waals surface area contributed by atoms with Gasteiger partial charge < -0.3 is 9.88 Å². The van der Waals surface area contributed by atoms with Crippen LogP contribution in [-0.2, 0) is 25.9 Å². The first-order chi connectivity index (χ1) is 11.8. The van der Waals surface area contributed by atoms with Crippen molar-refractivity contribution in [3.8, 4) is 0 Å². The van der Waals surface area contributed by atoms with Crippen molar-refractivity contribution in [3.63, 3.8) is 0 Å². The standard InChI is InChI=1S/C21H25N3/c1-3-17-12-19-18-6-4-5-7-20(18)24(21(19)14-23-17)11-10-16-9-8-15(2)22-13-16/h4-9,13,17,23H,3,10-12,14H2,1-2H3. The van der Waals surface area contributed by atoms with Gasteiger partial charge in [-0.05, 0) is 49.4 Å². The number of nitrogens with one attached hydrogen (secondary N) is 1. The fourth-order valence-corrected chi connectivity index (χ4v) is 3.85. The number of pyridine rings is 1. The molecule has 0 bridgehead atoms. The van der Waals surface area contributed by atoms with Gasteiger partial charge in [-0.2, -0.15) is 0 Å². The predicted octanol–water partition coefficient (Wildman–Crippen LogP) is 4.01. The smallest absolute Gasteiger partial charge is 0.0485 e. The van der Waals surface area contributed by atoms with Gasteiger partial charge in [0.15, 0.2) is 0 Å². The van der Waals surface area contributed by atoms with E-state index in [1.54, 1.807) is 5.56 Å². The molecule has 3 heteroatoms. The van der Waals surface area contributed by atoms with Gasteiger partial charge in [-0.3, -0.25) is 4.98 Å². The summed E-state index contributed by atoms with van der Waals surface area (Å²) >= 11 is 0. The molecule has 0 spiro atoms. The maximum atomic E-state index is 4.43. The maximum absolute atomic E-state index is 4.43. The zero-order valence-electron chi connectivity index (χ0n) is 14.5. The van der Waals surface area contributed by atoms with Gasteiger partial charge >= 0.3 is 0 Å². The fraction of sp³-hybridized carbons (Fsp3) is 0.381. The Hall–Kier alpha value is -2.13. The highest BCUT2D eigenvalue weighted by atomic mass is 15.0. The molecule has 1 aromatic carbocycles. The minimum Gasteiger partial charge on any atom is -0.343 e. The van der Waals surface area contributed by atoms with Crippen LogP contribution in [0.5, 0.6) is 0 Å². The van der Waals surface area contributed by atoms with Crippen LogP contribution in [0.15, 0.2) is 42.6 Å². The van der Waals surface area contributed by atoms with Gasteiger partial charge in [0.1, 0.15) is 0 Å². The number of benzene rings is 1. The number of nitrogens with zero attached hydrogens (tertiary/aromatic N) is 2. The van der Waals surface area contributed by atoms with Crippen LogP contribution in [0.2, 0.25) is 0 Å². The molecule has 0 aliphatic carbocycles. The summed E-state index contributed by atoms with van der Waals surface area (Å²) in [6.07, 6.45) is 5.37. The second-order valence-corrected chi connectivity index (χ2v) is 6.84. The molecular weight excluding hydrogens is 294 g/mol. The molecule has 3 heterocycles. The summed E-state index contributed by atoms with van der Waals surface area (Å²) in [6, 6.07) is 13.8. The highest BCUT2D eigenvalue weighted by molar-refractivity contribution is 5.86. The van der Waals surface area contributed by atoms with Crippen LogP contribution in [0, 0.1) is 6.92 Å². The molecule has 1 N–H and O–H groups in total. The molecule has 0 amide bonds. The summed E-state index contributed by atoms with van der Waals surface area (Å²) in [7, 11) is 0. The SMILES string of the molecule is CCC1Cc2c(n(CCc3ccc(C)nc3)c3ccccc23)CN1.